The molecule has 2 rings (SSSR count). The minimum absolute atomic E-state index is 0.00759. The van der Waals surface area contributed by atoms with Crippen LogP contribution >= 0.6 is 0 Å². The molecule has 0 radical (unpaired) electrons. The Morgan fingerprint density at radius 3 is 2.86 bits per heavy atom. The highest BCUT2D eigenvalue weighted by molar-refractivity contribution is 5.37. The Labute approximate surface area is 124 Å². The third-order valence-corrected chi connectivity index (χ3v) is 4.48. The molecule has 1 aromatic rings. The number of rotatable bonds is 5. The van der Waals surface area contributed by atoms with Crippen molar-refractivity contribution in [1.82, 2.24) is 0 Å². The first-order chi connectivity index (χ1) is 10.0. The molecule has 3 atom stereocenters. The number of benzene rings is 1. The SMILES string of the molecule is CCCC1CCC(O)C(Cc2cccc([N+](=O)[O-])c2F)C1. The Bertz CT molecular complexity index is 506. The summed E-state index contributed by atoms with van der Waals surface area (Å²) in [6.07, 6.45) is 4.80. The van der Waals surface area contributed by atoms with Crippen molar-refractivity contribution in [3.63, 3.8) is 0 Å². The van der Waals surface area contributed by atoms with Crippen molar-refractivity contribution >= 4 is 5.69 Å². The van der Waals surface area contributed by atoms with Crippen LogP contribution in [0.3, 0.4) is 0 Å². The molecule has 5 heteroatoms. The molecule has 1 saturated carbocycles. The van der Waals surface area contributed by atoms with Gasteiger partial charge in [0.15, 0.2) is 0 Å². The molecule has 1 fully saturated rings. The molecule has 0 heterocycles. The van der Waals surface area contributed by atoms with Crippen molar-refractivity contribution in [2.24, 2.45) is 11.8 Å². The van der Waals surface area contributed by atoms with Crippen LogP contribution in [-0.4, -0.2) is 16.1 Å². The maximum absolute atomic E-state index is 14.1. The molecule has 1 aliphatic carbocycles. The number of nitrogens with zero attached hydrogens (tertiary/aromatic N) is 1. The third-order valence-electron chi connectivity index (χ3n) is 4.48. The Balaban J connectivity index is 2.13. The number of nitro benzene ring substituents is 1. The predicted octanol–water partition coefficient (Wildman–Crippen LogP) is 3.85. The van der Waals surface area contributed by atoms with Gasteiger partial charge in [-0.3, -0.25) is 10.1 Å². The summed E-state index contributed by atoms with van der Waals surface area (Å²) in [7, 11) is 0. The lowest BCUT2D eigenvalue weighted by molar-refractivity contribution is -0.387. The van der Waals surface area contributed by atoms with Gasteiger partial charge in [-0.05, 0) is 43.1 Å². The number of aliphatic hydroxyl groups is 1. The number of halogens is 1. The molecule has 0 bridgehead atoms. The molecule has 3 unspecified atom stereocenters. The van der Waals surface area contributed by atoms with Crippen LogP contribution in [-0.2, 0) is 6.42 Å². The molecular weight excluding hydrogens is 273 g/mol. The van der Waals surface area contributed by atoms with Gasteiger partial charge in [0.1, 0.15) is 0 Å². The van der Waals surface area contributed by atoms with Crippen molar-refractivity contribution in [3.05, 3.63) is 39.7 Å². The average molecular weight is 295 g/mol. The van der Waals surface area contributed by atoms with E-state index in [2.05, 4.69) is 6.92 Å². The smallest absolute Gasteiger partial charge is 0.305 e. The van der Waals surface area contributed by atoms with Crippen molar-refractivity contribution < 1.29 is 14.4 Å². The van der Waals surface area contributed by atoms with Crippen molar-refractivity contribution in [2.75, 3.05) is 0 Å². The van der Waals surface area contributed by atoms with E-state index in [0.717, 1.165) is 32.1 Å². The van der Waals surface area contributed by atoms with Gasteiger partial charge in [-0.25, -0.2) is 0 Å². The molecule has 1 aromatic carbocycles. The normalized spacial score (nSPS) is 25.8. The molecule has 1 aliphatic rings. The van der Waals surface area contributed by atoms with Crippen molar-refractivity contribution in [2.45, 2.75) is 51.6 Å². The first-order valence-corrected chi connectivity index (χ1v) is 7.62. The summed E-state index contributed by atoms with van der Waals surface area (Å²) in [5, 5.41) is 20.9. The lowest BCUT2D eigenvalue weighted by Crippen LogP contribution is -2.30. The zero-order valence-corrected chi connectivity index (χ0v) is 12.3. The fourth-order valence-corrected chi connectivity index (χ4v) is 3.38. The van der Waals surface area contributed by atoms with E-state index >= 15 is 0 Å². The monoisotopic (exact) mass is 295 g/mol. The van der Waals surface area contributed by atoms with E-state index < -0.39 is 22.5 Å². The summed E-state index contributed by atoms with van der Waals surface area (Å²) < 4.78 is 14.1. The zero-order valence-electron chi connectivity index (χ0n) is 12.3. The van der Waals surface area contributed by atoms with Crippen LogP contribution in [0, 0.1) is 27.8 Å². The summed E-state index contributed by atoms with van der Waals surface area (Å²) in [6, 6.07) is 4.27. The molecule has 0 saturated heterocycles. The second kappa shape index (κ2) is 6.98. The number of hydrogen-bond donors (Lipinski definition) is 1. The van der Waals surface area contributed by atoms with Gasteiger partial charge in [-0.2, -0.15) is 4.39 Å². The van der Waals surface area contributed by atoms with Crippen LogP contribution in [0.25, 0.3) is 0 Å². The summed E-state index contributed by atoms with van der Waals surface area (Å²) in [6.45, 7) is 2.14. The van der Waals surface area contributed by atoms with Crippen molar-refractivity contribution in [1.29, 1.82) is 0 Å². The first-order valence-electron chi connectivity index (χ1n) is 7.62. The lowest BCUT2D eigenvalue weighted by Gasteiger charge is -2.33. The lowest BCUT2D eigenvalue weighted by atomic mass is 9.75. The Morgan fingerprint density at radius 2 is 2.19 bits per heavy atom. The second-order valence-corrected chi connectivity index (χ2v) is 6.01. The van der Waals surface area contributed by atoms with E-state index in [1.807, 2.05) is 0 Å². The van der Waals surface area contributed by atoms with Crippen LogP contribution in [0.2, 0.25) is 0 Å². The Hall–Kier alpha value is -1.49. The van der Waals surface area contributed by atoms with Gasteiger partial charge in [0.2, 0.25) is 5.82 Å². The molecular formula is C16H22FNO3. The largest absolute Gasteiger partial charge is 0.393 e. The highest BCUT2D eigenvalue weighted by atomic mass is 19.1. The van der Waals surface area contributed by atoms with Gasteiger partial charge in [0.05, 0.1) is 11.0 Å². The van der Waals surface area contributed by atoms with Gasteiger partial charge in [0, 0.05) is 6.07 Å². The van der Waals surface area contributed by atoms with Gasteiger partial charge in [-0.15, -0.1) is 0 Å². The maximum Gasteiger partial charge on any atom is 0.305 e. The van der Waals surface area contributed by atoms with Crippen LogP contribution in [0.1, 0.15) is 44.6 Å². The van der Waals surface area contributed by atoms with Gasteiger partial charge < -0.3 is 5.11 Å². The number of hydrogen-bond acceptors (Lipinski definition) is 3. The fourth-order valence-electron chi connectivity index (χ4n) is 3.38. The first kappa shape index (κ1) is 15.9. The Kier molecular flexibility index (Phi) is 5.28. The standard InChI is InChI=1S/C16H22FNO3/c1-2-4-11-7-8-15(19)13(9-11)10-12-5-3-6-14(16(12)17)18(20)21/h3,5-6,11,13,15,19H,2,4,7-10H2,1H3. The highest BCUT2D eigenvalue weighted by Crippen LogP contribution is 2.35. The van der Waals surface area contributed by atoms with E-state index in [9.17, 15) is 19.6 Å². The van der Waals surface area contributed by atoms with Gasteiger partial charge >= 0.3 is 5.69 Å². The van der Waals surface area contributed by atoms with Crippen molar-refractivity contribution in [3.8, 4) is 0 Å². The molecule has 0 amide bonds. The Morgan fingerprint density at radius 1 is 1.43 bits per heavy atom. The summed E-state index contributed by atoms with van der Waals surface area (Å²) in [5.74, 6) is -0.190. The summed E-state index contributed by atoms with van der Waals surface area (Å²) in [5.41, 5.74) is -0.145. The maximum atomic E-state index is 14.1. The van der Waals surface area contributed by atoms with E-state index in [0.29, 0.717) is 17.9 Å². The molecule has 0 aliphatic heterocycles. The minimum Gasteiger partial charge on any atom is -0.393 e. The topological polar surface area (TPSA) is 63.4 Å². The van der Waals surface area contributed by atoms with Gasteiger partial charge in [-0.1, -0.05) is 31.9 Å². The van der Waals surface area contributed by atoms with Crippen LogP contribution in [0.4, 0.5) is 10.1 Å². The molecule has 4 nitrogen and oxygen atoms in total. The molecule has 0 aromatic heterocycles. The van der Waals surface area contributed by atoms with Crippen LogP contribution in [0.15, 0.2) is 18.2 Å². The molecule has 1 N–H and O–H groups in total. The molecule has 0 spiro atoms. The summed E-state index contributed by atoms with van der Waals surface area (Å²) >= 11 is 0. The van der Waals surface area contributed by atoms with Crippen LogP contribution in [0.5, 0.6) is 0 Å². The van der Waals surface area contributed by atoms with E-state index in [1.165, 1.54) is 12.1 Å². The van der Waals surface area contributed by atoms with E-state index in [4.69, 9.17) is 0 Å². The molecule has 116 valence electrons. The highest BCUT2D eigenvalue weighted by Gasteiger charge is 2.30. The average Bonchev–Trinajstić information content (AvgIpc) is 2.44. The fraction of sp³-hybridized carbons (Fsp3) is 0.625. The van der Waals surface area contributed by atoms with E-state index in [1.54, 1.807) is 6.07 Å². The summed E-state index contributed by atoms with van der Waals surface area (Å²) in [4.78, 5) is 10.1. The number of aliphatic hydroxyl groups excluding tert-OH is 1. The molecule has 21 heavy (non-hydrogen) atoms. The quantitative estimate of drug-likeness (QED) is 0.663. The van der Waals surface area contributed by atoms with E-state index in [-0.39, 0.29) is 5.92 Å². The van der Waals surface area contributed by atoms with Crippen LogP contribution < -0.4 is 0 Å². The predicted molar refractivity (Wildman–Crippen MR) is 78.5 cm³/mol. The number of nitro groups is 1. The van der Waals surface area contributed by atoms with Gasteiger partial charge in [0.25, 0.3) is 0 Å². The second-order valence-electron chi connectivity index (χ2n) is 6.01. The minimum atomic E-state index is -0.757. The third kappa shape index (κ3) is 3.79. The zero-order chi connectivity index (χ0) is 15.4.